The molecule has 7 nitrogen and oxygen atoms in total. The molecule has 1 N–H and O–H groups in total. The van der Waals surface area contributed by atoms with Gasteiger partial charge in [-0.05, 0) is 41.5 Å². The van der Waals surface area contributed by atoms with E-state index in [9.17, 15) is 18.4 Å². The first-order valence-electron chi connectivity index (χ1n) is 10.1. The topological polar surface area (TPSA) is 80.1 Å². The maximum absolute atomic E-state index is 13.5. The first-order chi connectivity index (χ1) is 15.8. The molecule has 0 fully saturated rings. The molecular weight excluding hydrogens is 428 g/mol. The molecule has 0 radical (unpaired) electrons. The zero-order valence-corrected chi connectivity index (χ0v) is 18.0. The van der Waals surface area contributed by atoms with Crippen LogP contribution in [0.25, 0.3) is 10.9 Å². The van der Waals surface area contributed by atoms with Crippen molar-refractivity contribution in [3.8, 4) is 0 Å². The van der Waals surface area contributed by atoms with Gasteiger partial charge in [-0.2, -0.15) is 0 Å². The van der Waals surface area contributed by atoms with Gasteiger partial charge in [0.2, 0.25) is 0 Å². The Morgan fingerprint density at radius 1 is 1.06 bits per heavy atom. The number of hydrogen-bond donors (Lipinski definition) is 1. The molecule has 0 spiro atoms. The number of aromatic nitrogens is 3. The van der Waals surface area contributed by atoms with Gasteiger partial charge in [0.1, 0.15) is 5.56 Å². The smallest absolute Gasteiger partial charge is 0.266 e. The molecule has 0 unspecified atom stereocenters. The molecule has 2 heterocycles. The second-order valence-electron chi connectivity index (χ2n) is 7.75. The van der Waals surface area contributed by atoms with Crippen LogP contribution >= 0.6 is 0 Å². The summed E-state index contributed by atoms with van der Waals surface area (Å²) in [6, 6.07) is 11.0. The van der Waals surface area contributed by atoms with Crippen LogP contribution in [0.5, 0.6) is 0 Å². The van der Waals surface area contributed by atoms with E-state index in [4.69, 9.17) is 0 Å². The van der Waals surface area contributed by atoms with Gasteiger partial charge >= 0.3 is 0 Å². The van der Waals surface area contributed by atoms with Crippen molar-refractivity contribution in [1.82, 2.24) is 19.9 Å². The molecule has 0 atom stereocenters. The van der Waals surface area contributed by atoms with Gasteiger partial charge in [-0.25, -0.2) is 13.8 Å². The number of carbonyl (C=O) groups excluding carboxylic acids is 1. The minimum Gasteiger partial charge on any atom is -0.377 e. The Kier molecular flexibility index (Phi) is 6.12. The summed E-state index contributed by atoms with van der Waals surface area (Å²) in [5, 5.41) is 3.69. The summed E-state index contributed by atoms with van der Waals surface area (Å²) in [6.07, 6.45) is 4.18. The lowest BCUT2D eigenvalue weighted by atomic mass is 10.1. The van der Waals surface area contributed by atoms with Crippen molar-refractivity contribution in [2.75, 3.05) is 19.0 Å². The SMILES string of the molecule is CN(C)c1ccnc2ccc(CNC(=O)c3cncn(Cc4ccc(F)c(F)c4)c3=O)cc12. The van der Waals surface area contributed by atoms with Crippen molar-refractivity contribution >= 4 is 22.5 Å². The van der Waals surface area contributed by atoms with E-state index >= 15 is 0 Å². The molecule has 0 aliphatic carbocycles. The summed E-state index contributed by atoms with van der Waals surface area (Å²) in [4.78, 5) is 35.7. The normalized spacial score (nSPS) is 10.9. The number of rotatable bonds is 6. The van der Waals surface area contributed by atoms with Gasteiger partial charge in [0, 0.05) is 44.1 Å². The van der Waals surface area contributed by atoms with E-state index in [1.54, 1.807) is 6.20 Å². The second-order valence-corrected chi connectivity index (χ2v) is 7.75. The molecule has 4 rings (SSSR count). The minimum atomic E-state index is -1.01. The van der Waals surface area contributed by atoms with Crippen molar-refractivity contribution in [3.63, 3.8) is 0 Å². The van der Waals surface area contributed by atoms with Crippen molar-refractivity contribution < 1.29 is 13.6 Å². The number of anilines is 1. The average molecular weight is 449 g/mol. The average Bonchev–Trinajstić information content (AvgIpc) is 2.80. The highest BCUT2D eigenvalue weighted by atomic mass is 19.2. The van der Waals surface area contributed by atoms with Gasteiger partial charge in [0.15, 0.2) is 11.6 Å². The largest absolute Gasteiger partial charge is 0.377 e. The Bertz CT molecular complexity index is 1400. The second kappa shape index (κ2) is 9.15. The lowest BCUT2D eigenvalue weighted by Gasteiger charge is -2.15. The van der Waals surface area contributed by atoms with E-state index in [1.165, 1.54) is 23.2 Å². The molecule has 2 aromatic heterocycles. The van der Waals surface area contributed by atoms with Crippen LogP contribution in [0.4, 0.5) is 14.5 Å². The van der Waals surface area contributed by atoms with Crippen LogP contribution in [0.2, 0.25) is 0 Å². The van der Waals surface area contributed by atoms with Crippen LogP contribution in [0.1, 0.15) is 21.5 Å². The monoisotopic (exact) mass is 449 g/mol. The number of nitrogens with zero attached hydrogens (tertiary/aromatic N) is 4. The number of fused-ring (bicyclic) bond motifs is 1. The van der Waals surface area contributed by atoms with Crippen molar-refractivity contribution in [1.29, 1.82) is 0 Å². The first kappa shape index (κ1) is 22.1. The summed E-state index contributed by atoms with van der Waals surface area (Å²) in [5.74, 6) is -2.56. The third kappa shape index (κ3) is 4.72. The summed E-state index contributed by atoms with van der Waals surface area (Å²) in [5.41, 5.74) is 2.33. The maximum atomic E-state index is 13.5. The van der Waals surface area contributed by atoms with Crippen molar-refractivity contribution in [3.05, 3.63) is 99.9 Å². The van der Waals surface area contributed by atoms with E-state index in [2.05, 4.69) is 15.3 Å². The number of hydrogen-bond acceptors (Lipinski definition) is 5. The molecule has 168 valence electrons. The molecule has 9 heteroatoms. The Labute approximate surface area is 188 Å². The highest BCUT2D eigenvalue weighted by Gasteiger charge is 2.14. The Hall–Kier alpha value is -4.14. The van der Waals surface area contributed by atoms with Gasteiger partial charge in [0.25, 0.3) is 11.5 Å². The summed E-state index contributed by atoms with van der Waals surface area (Å²) >= 11 is 0. The van der Waals surface area contributed by atoms with E-state index in [1.807, 2.05) is 43.3 Å². The van der Waals surface area contributed by atoms with Crippen molar-refractivity contribution in [2.24, 2.45) is 0 Å². The predicted octanol–water partition coefficient (Wildman–Crippen LogP) is 3.11. The van der Waals surface area contributed by atoms with Gasteiger partial charge in [-0.3, -0.25) is 19.1 Å². The molecule has 0 saturated carbocycles. The van der Waals surface area contributed by atoms with Gasteiger partial charge in [-0.1, -0.05) is 12.1 Å². The third-order valence-corrected chi connectivity index (χ3v) is 5.20. The number of benzene rings is 2. The summed E-state index contributed by atoms with van der Waals surface area (Å²) in [7, 11) is 3.88. The maximum Gasteiger partial charge on any atom is 0.266 e. The lowest BCUT2D eigenvalue weighted by molar-refractivity contribution is 0.0948. The molecule has 4 aromatic rings. The van der Waals surface area contributed by atoms with E-state index in [-0.39, 0.29) is 18.7 Å². The van der Waals surface area contributed by atoms with Gasteiger partial charge < -0.3 is 10.2 Å². The molecule has 0 aliphatic heterocycles. The number of nitrogens with one attached hydrogen (secondary N) is 1. The predicted molar refractivity (Wildman–Crippen MR) is 121 cm³/mol. The van der Waals surface area contributed by atoms with Gasteiger partial charge in [0.05, 0.1) is 18.4 Å². The molecule has 2 aromatic carbocycles. The van der Waals surface area contributed by atoms with Crippen LogP contribution in [0.3, 0.4) is 0 Å². The van der Waals surface area contributed by atoms with Crippen LogP contribution in [0, 0.1) is 11.6 Å². The lowest BCUT2D eigenvalue weighted by Crippen LogP contribution is -2.33. The molecule has 33 heavy (non-hydrogen) atoms. The number of halogens is 2. The van der Waals surface area contributed by atoms with Crippen LogP contribution in [-0.2, 0) is 13.1 Å². The minimum absolute atomic E-state index is 0.0465. The molecule has 0 bridgehead atoms. The Morgan fingerprint density at radius 3 is 2.61 bits per heavy atom. The van der Waals surface area contributed by atoms with Crippen LogP contribution in [0.15, 0.2) is 66.0 Å². The summed E-state index contributed by atoms with van der Waals surface area (Å²) < 4.78 is 27.8. The standard InChI is InChI=1S/C24H21F2N5O2/c1-30(2)22-7-8-28-21-6-4-15(9-17(21)22)11-29-23(32)18-12-27-14-31(24(18)33)13-16-3-5-19(25)20(26)10-16/h3-10,12,14H,11,13H2,1-2H3,(H,29,32). The van der Waals surface area contributed by atoms with Crippen molar-refractivity contribution in [2.45, 2.75) is 13.1 Å². The number of pyridine rings is 1. The van der Waals surface area contributed by atoms with E-state index < -0.39 is 23.1 Å². The zero-order chi connectivity index (χ0) is 23.5. The zero-order valence-electron chi connectivity index (χ0n) is 18.0. The molecule has 0 saturated heterocycles. The number of amides is 1. The van der Waals surface area contributed by atoms with Crippen LogP contribution < -0.4 is 15.8 Å². The Balaban J connectivity index is 1.52. The van der Waals surface area contributed by atoms with E-state index in [0.717, 1.165) is 34.3 Å². The first-order valence-corrected chi connectivity index (χ1v) is 10.1. The molecule has 0 aliphatic rings. The van der Waals surface area contributed by atoms with E-state index in [0.29, 0.717) is 5.56 Å². The highest BCUT2D eigenvalue weighted by molar-refractivity contribution is 5.94. The fourth-order valence-electron chi connectivity index (χ4n) is 3.51. The fraction of sp³-hybridized carbons (Fsp3) is 0.167. The van der Waals surface area contributed by atoms with Crippen LogP contribution in [-0.4, -0.2) is 34.5 Å². The quantitative estimate of drug-likeness (QED) is 0.489. The number of carbonyl (C=O) groups is 1. The fourth-order valence-corrected chi connectivity index (χ4v) is 3.51. The summed E-state index contributed by atoms with van der Waals surface area (Å²) in [6.45, 7) is 0.156. The molecular formula is C24H21F2N5O2. The third-order valence-electron chi connectivity index (χ3n) is 5.20. The molecule has 1 amide bonds. The van der Waals surface area contributed by atoms with Gasteiger partial charge in [-0.15, -0.1) is 0 Å². The highest BCUT2D eigenvalue weighted by Crippen LogP contribution is 2.24. The Morgan fingerprint density at radius 2 is 1.85 bits per heavy atom.